The molecular weight excluding hydrogens is 387 g/mol. The summed E-state index contributed by atoms with van der Waals surface area (Å²) in [6.07, 6.45) is 1.50. The average molecular weight is 404 g/mol. The second-order valence-electron chi connectivity index (χ2n) is 6.08. The first-order valence-electron chi connectivity index (χ1n) is 8.58. The van der Waals surface area contributed by atoms with Crippen molar-refractivity contribution in [2.24, 2.45) is 5.73 Å². The van der Waals surface area contributed by atoms with Gasteiger partial charge in [-0.1, -0.05) is 11.3 Å². The maximum absolute atomic E-state index is 14.6. The minimum absolute atomic E-state index is 0.0485. The Morgan fingerprint density at radius 3 is 2.93 bits per heavy atom. The van der Waals surface area contributed by atoms with Gasteiger partial charge in [0.2, 0.25) is 16.7 Å². The fraction of sp³-hybridized carbons (Fsp3) is 0.312. The number of anilines is 2. The van der Waals surface area contributed by atoms with Gasteiger partial charge in [-0.15, -0.1) is 0 Å². The van der Waals surface area contributed by atoms with E-state index in [1.54, 1.807) is 17.0 Å². The number of aromatic nitrogens is 4. The van der Waals surface area contributed by atoms with E-state index in [1.165, 1.54) is 6.20 Å². The second-order valence-corrected chi connectivity index (χ2v) is 7.03. The van der Waals surface area contributed by atoms with E-state index in [0.717, 1.165) is 15.9 Å². The zero-order chi connectivity index (χ0) is 19.7. The number of hydrogen-bond donors (Lipinski definition) is 3. The standard InChI is InChI=1S/C16H17FN8O2S/c17-12-13(24-5-3-19-4-6-24)22-16-25(15(12)27)23-14(28-16)9-1-2-20-10(7-9)21-11(26)8-18/h1-2,7,19H,3-6,8,18H2,(H,20,21,26). The first kappa shape index (κ1) is 18.4. The van der Waals surface area contributed by atoms with Gasteiger partial charge in [-0.25, -0.2) is 4.98 Å². The van der Waals surface area contributed by atoms with Gasteiger partial charge < -0.3 is 21.3 Å². The molecule has 4 heterocycles. The van der Waals surface area contributed by atoms with Crippen LogP contribution in [-0.4, -0.2) is 58.2 Å². The van der Waals surface area contributed by atoms with E-state index in [9.17, 15) is 14.0 Å². The Balaban J connectivity index is 1.74. The normalized spacial score (nSPS) is 14.4. The summed E-state index contributed by atoms with van der Waals surface area (Å²) in [4.78, 5) is 34.3. The van der Waals surface area contributed by atoms with E-state index in [0.29, 0.717) is 47.5 Å². The fourth-order valence-electron chi connectivity index (χ4n) is 2.84. The summed E-state index contributed by atoms with van der Waals surface area (Å²) in [5, 5.41) is 10.4. The fourth-order valence-corrected chi connectivity index (χ4v) is 3.73. The number of pyridine rings is 1. The molecule has 0 atom stereocenters. The number of nitrogens with two attached hydrogens (primary N) is 1. The molecule has 1 saturated heterocycles. The van der Waals surface area contributed by atoms with E-state index in [-0.39, 0.29) is 18.3 Å². The van der Waals surface area contributed by atoms with E-state index < -0.39 is 11.4 Å². The molecule has 3 aromatic heterocycles. The van der Waals surface area contributed by atoms with Crippen molar-refractivity contribution in [3.05, 3.63) is 34.5 Å². The Kier molecular flexibility index (Phi) is 4.98. The first-order valence-corrected chi connectivity index (χ1v) is 9.40. The lowest BCUT2D eigenvalue weighted by atomic mass is 10.3. The molecule has 4 N–H and O–H groups in total. The van der Waals surface area contributed by atoms with Crippen molar-refractivity contribution in [2.75, 3.05) is 42.9 Å². The largest absolute Gasteiger partial charge is 0.351 e. The third-order valence-corrected chi connectivity index (χ3v) is 5.17. The number of fused-ring (bicyclic) bond motifs is 1. The van der Waals surface area contributed by atoms with E-state index in [2.05, 4.69) is 25.7 Å². The Morgan fingerprint density at radius 2 is 2.18 bits per heavy atom. The molecule has 146 valence electrons. The number of rotatable bonds is 4. The summed E-state index contributed by atoms with van der Waals surface area (Å²) in [6.45, 7) is 2.37. The molecule has 4 rings (SSSR count). The monoisotopic (exact) mass is 404 g/mol. The lowest BCUT2D eigenvalue weighted by Gasteiger charge is -2.28. The highest BCUT2D eigenvalue weighted by Crippen LogP contribution is 2.27. The molecule has 28 heavy (non-hydrogen) atoms. The van der Waals surface area contributed by atoms with Crippen LogP contribution < -0.4 is 26.8 Å². The van der Waals surface area contributed by atoms with Crippen molar-refractivity contribution < 1.29 is 9.18 Å². The van der Waals surface area contributed by atoms with E-state index in [4.69, 9.17) is 5.73 Å². The molecule has 0 bridgehead atoms. The van der Waals surface area contributed by atoms with Crippen LogP contribution >= 0.6 is 11.3 Å². The van der Waals surface area contributed by atoms with Gasteiger partial charge in [-0.3, -0.25) is 9.59 Å². The molecule has 12 heteroatoms. The Labute approximate surface area is 162 Å². The lowest BCUT2D eigenvalue weighted by molar-refractivity contribution is -0.114. The Hall–Kier alpha value is -2.96. The highest BCUT2D eigenvalue weighted by atomic mass is 32.1. The molecule has 0 aromatic carbocycles. The number of nitrogens with one attached hydrogen (secondary N) is 2. The van der Waals surface area contributed by atoms with Gasteiger partial charge in [0.25, 0.3) is 0 Å². The van der Waals surface area contributed by atoms with Gasteiger partial charge in [0.15, 0.2) is 5.82 Å². The zero-order valence-corrected chi connectivity index (χ0v) is 15.5. The second kappa shape index (κ2) is 7.58. The zero-order valence-electron chi connectivity index (χ0n) is 14.7. The van der Waals surface area contributed by atoms with Crippen molar-refractivity contribution in [1.29, 1.82) is 0 Å². The molecule has 0 aliphatic carbocycles. The Bertz CT molecular complexity index is 1090. The van der Waals surface area contributed by atoms with Crippen molar-refractivity contribution in [3.63, 3.8) is 0 Å². The SMILES string of the molecule is NCC(=O)Nc1cc(-c2nn3c(=O)c(F)c(N4CCNCC4)nc3s2)ccn1. The molecule has 0 spiro atoms. The summed E-state index contributed by atoms with van der Waals surface area (Å²) < 4.78 is 15.6. The van der Waals surface area contributed by atoms with Crippen LogP contribution in [0.3, 0.4) is 0 Å². The third-order valence-electron chi connectivity index (χ3n) is 4.21. The third kappa shape index (κ3) is 3.44. The number of nitrogens with zero attached hydrogens (tertiary/aromatic N) is 5. The highest BCUT2D eigenvalue weighted by Gasteiger charge is 2.22. The number of amides is 1. The molecule has 1 amide bonds. The summed E-state index contributed by atoms with van der Waals surface area (Å²) in [5.74, 6) is -0.941. The number of carbonyl (C=O) groups excluding carboxylic acids is 1. The van der Waals surface area contributed by atoms with Crippen LogP contribution in [0.25, 0.3) is 15.5 Å². The maximum Gasteiger partial charge on any atom is 0.313 e. The van der Waals surface area contributed by atoms with Crippen LogP contribution in [0.2, 0.25) is 0 Å². The molecular formula is C16H17FN8O2S. The van der Waals surface area contributed by atoms with E-state index >= 15 is 0 Å². The first-order chi connectivity index (χ1) is 13.6. The number of carbonyl (C=O) groups is 1. The number of hydrogen-bond acceptors (Lipinski definition) is 9. The molecule has 1 fully saturated rings. The minimum atomic E-state index is -0.915. The molecule has 1 aliphatic rings. The molecule has 0 saturated carbocycles. The van der Waals surface area contributed by atoms with Crippen LogP contribution in [0.1, 0.15) is 0 Å². The van der Waals surface area contributed by atoms with Crippen LogP contribution in [-0.2, 0) is 4.79 Å². The molecule has 0 unspecified atom stereocenters. The van der Waals surface area contributed by atoms with Gasteiger partial charge in [0.1, 0.15) is 10.8 Å². The lowest BCUT2D eigenvalue weighted by Crippen LogP contribution is -2.45. The topological polar surface area (TPSA) is 131 Å². The van der Waals surface area contributed by atoms with Crippen molar-refractivity contribution >= 4 is 33.8 Å². The Morgan fingerprint density at radius 1 is 1.39 bits per heavy atom. The smallest absolute Gasteiger partial charge is 0.313 e. The molecule has 0 radical (unpaired) electrons. The molecule has 10 nitrogen and oxygen atoms in total. The van der Waals surface area contributed by atoms with Gasteiger partial charge in [-0.2, -0.15) is 19.0 Å². The van der Waals surface area contributed by atoms with Gasteiger partial charge in [0.05, 0.1) is 6.54 Å². The summed E-state index contributed by atoms with van der Waals surface area (Å²) in [6, 6.07) is 3.28. The quantitative estimate of drug-likeness (QED) is 0.538. The molecule has 3 aromatic rings. The predicted molar refractivity (Wildman–Crippen MR) is 103 cm³/mol. The van der Waals surface area contributed by atoms with Gasteiger partial charge >= 0.3 is 5.56 Å². The predicted octanol–water partition coefficient (Wildman–Crippen LogP) is -0.341. The molecule has 1 aliphatic heterocycles. The van der Waals surface area contributed by atoms with Crippen molar-refractivity contribution in [1.82, 2.24) is 24.9 Å². The van der Waals surface area contributed by atoms with Crippen molar-refractivity contribution in [3.8, 4) is 10.6 Å². The average Bonchev–Trinajstić information content (AvgIpc) is 3.16. The minimum Gasteiger partial charge on any atom is -0.351 e. The maximum atomic E-state index is 14.6. The van der Waals surface area contributed by atoms with Crippen LogP contribution in [0, 0.1) is 5.82 Å². The van der Waals surface area contributed by atoms with Gasteiger partial charge in [0, 0.05) is 37.9 Å². The van der Waals surface area contributed by atoms with E-state index in [1.807, 2.05) is 0 Å². The van der Waals surface area contributed by atoms with Crippen molar-refractivity contribution in [2.45, 2.75) is 0 Å². The van der Waals surface area contributed by atoms with Crippen LogP contribution in [0.4, 0.5) is 16.0 Å². The summed E-state index contributed by atoms with van der Waals surface area (Å²) in [5.41, 5.74) is 5.06. The highest BCUT2D eigenvalue weighted by molar-refractivity contribution is 7.19. The summed E-state index contributed by atoms with van der Waals surface area (Å²) in [7, 11) is 0. The number of piperazine rings is 1. The van der Waals surface area contributed by atoms with Gasteiger partial charge in [-0.05, 0) is 12.1 Å². The summed E-state index contributed by atoms with van der Waals surface area (Å²) >= 11 is 1.15. The van der Waals surface area contributed by atoms with Crippen LogP contribution in [0.5, 0.6) is 0 Å². The number of halogens is 1. The van der Waals surface area contributed by atoms with Crippen LogP contribution in [0.15, 0.2) is 23.1 Å².